The number of nitrogens with zero attached hydrogens (tertiary/aromatic N) is 3. The number of carboxylic acid groups (broad SMARTS) is 1. The number of rotatable bonds is 3. The van der Waals surface area contributed by atoms with Gasteiger partial charge in [-0.25, -0.2) is 4.79 Å². The fraction of sp³-hybridized carbons (Fsp3) is 0.211. The molecule has 6 nitrogen and oxygen atoms in total. The first-order valence-electron chi connectivity index (χ1n) is 8.06. The number of carbonyl (C=O) groups excluding carboxylic acids is 1. The third-order valence-corrected chi connectivity index (χ3v) is 4.22. The van der Waals surface area contributed by atoms with Crippen molar-refractivity contribution in [3.8, 4) is 0 Å². The van der Waals surface area contributed by atoms with Gasteiger partial charge in [-0.05, 0) is 23.3 Å². The Labute approximate surface area is 146 Å². The molecule has 0 saturated carbocycles. The lowest BCUT2D eigenvalue weighted by atomic mass is 10.0. The van der Waals surface area contributed by atoms with E-state index < -0.39 is 12.1 Å². The van der Waals surface area contributed by atoms with Gasteiger partial charge in [0.15, 0.2) is 0 Å². The average Bonchev–Trinajstić information content (AvgIpc) is 2.67. The van der Waals surface area contributed by atoms with Gasteiger partial charge in [0.1, 0.15) is 0 Å². The van der Waals surface area contributed by atoms with Crippen molar-refractivity contribution in [1.29, 1.82) is 0 Å². The van der Waals surface area contributed by atoms with Gasteiger partial charge in [0.2, 0.25) is 5.91 Å². The van der Waals surface area contributed by atoms with Gasteiger partial charge in [-0.15, -0.1) is 0 Å². The molecule has 1 atom stereocenters. The first-order valence-corrected chi connectivity index (χ1v) is 8.06. The molecule has 2 heterocycles. The maximum atomic E-state index is 12.5. The van der Waals surface area contributed by atoms with Crippen molar-refractivity contribution in [2.24, 2.45) is 0 Å². The molecule has 1 aromatic heterocycles. The summed E-state index contributed by atoms with van der Waals surface area (Å²) in [7, 11) is 0. The Bertz CT molecular complexity index is 762. The fourth-order valence-electron chi connectivity index (χ4n) is 2.91. The van der Waals surface area contributed by atoms with Gasteiger partial charge in [0.25, 0.3) is 0 Å². The predicted molar refractivity (Wildman–Crippen MR) is 93.8 cm³/mol. The quantitative estimate of drug-likeness (QED) is 0.874. The number of piperazine rings is 1. The normalized spacial score (nSPS) is 17.7. The zero-order valence-electron chi connectivity index (χ0n) is 13.7. The van der Waals surface area contributed by atoms with E-state index in [0.29, 0.717) is 13.1 Å². The Morgan fingerprint density at radius 2 is 1.92 bits per heavy atom. The largest absolute Gasteiger partial charge is 0.465 e. The molecule has 0 radical (unpaired) electrons. The van der Waals surface area contributed by atoms with Gasteiger partial charge < -0.3 is 10.0 Å². The number of pyridine rings is 1. The minimum atomic E-state index is -0.985. The van der Waals surface area contributed by atoms with E-state index in [1.807, 2.05) is 36.4 Å². The molecule has 0 spiro atoms. The van der Waals surface area contributed by atoms with E-state index in [1.54, 1.807) is 29.4 Å². The SMILES string of the molecule is O=C(/C=C/c1ccccc1)N1CCN(C(=O)O)C(c2cccnc2)C1. The number of amides is 2. The number of hydrogen-bond donors (Lipinski definition) is 1. The van der Waals surface area contributed by atoms with Gasteiger partial charge in [0.05, 0.1) is 6.04 Å². The highest BCUT2D eigenvalue weighted by Gasteiger charge is 2.32. The van der Waals surface area contributed by atoms with E-state index >= 15 is 0 Å². The maximum Gasteiger partial charge on any atom is 0.407 e. The van der Waals surface area contributed by atoms with E-state index in [9.17, 15) is 14.7 Å². The van der Waals surface area contributed by atoms with Crippen molar-refractivity contribution in [3.63, 3.8) is 0 Å². The lowest BCUT2D eigenvalue weighted by molar-refractivity contribution is -0.128. The molecule has 1 aromatic carbocycles. The molecule has 1 fully saturated rings. The molecule has 1 aliphatic heterocycles. The number of hydrogen-bond acceptors (Lipinski definition) is 3. The fourth-order valence-corrected chi connectivity index (χ4v) is 2.91. The zero-order chi connectivity index (χ0) is 17.6. The Morgan fingerprint density at radius 1 is 1.12 bits per heavy atom. The van der Waals surface area contributed by atoms with E-state index in [-0.39, 0.29) is 12.5 Å². The highest BCUT2D eigenvalue weighted by atomic mass is 16.4. The van der Waals surface area contributed by atoms with Crippen LogP contribution in [0, 0.1) is 0 Å². The van der Waals surface area contributed by atoms with E-state index in [2.05, 4.69) is 4.98 Å². The monoisotopic (exact) mass is 337 g/mol. The second-order valence-corrected chi connectivity index (χ2v) is 5.81. The maximum absolute atomic E-state index is 12.5. The van der Waals surface area contributed by atoms with Crippen LogP contribution in [0.15, 0.2) is 60.9 Å². The number of benzene rings is 1. The molecule has 25 heavy (non-hydrogen) atoms. The van der Waals surface area contributed by atoms with Gasteiger partial charge >= 0.3 is 6.09 Å². The number of aromatic nitrogens is 1. The lowest BCUT2D eigenvalue weighted by Gasteiger charge is -2.39. The Kier molecular flexibility index (Phi) is 5.09. The van der Waals surface area contributed by atoms with Crippen LogP contribution in [-0.4, -0.2) is 51.5 Å². The molecule has 128 valence electrons. The summed E-state index contributed by atoms with van der Waals surface area (Å²) in [5, 5.41) is 9.43. The molecular weight excluding hydrogens is 318 g/mol. The number of carbonyl (C=O) groups is 2. The first-order chi connectivity index (χ1) is 12.1. The van der Waals surface area contributed by atoms with E-state index in [4.69, 9.17) is 0 Å². The minimum Gasteiger partial charge on any atom is -0.465 e. The van der Waals surface area contributed by atoms with Gasteiger partial charge in [-0.3, -0.25) is 14.7 Å². The van der Waals surface area contributed by atoms with E-state index in [1.165, 1.54) is 11.0 Å². The van der Waals surface area contributed by atoms with Crippen LogP contribution >= 0.6 is 0 Å². The van der Waals surface area contributed by atoms with Crippen molar-refractivity contribution in [1.82, 2.24) is 14.8 Å². The minimum absolute atomic E-state index is 0.122. The van der Waals surface area contributed by atoms with Crippen LogP contribution in [0.2, 0.25) is 0 Å². The molecule has 0 bridgehead atoms. The Hall–Kier alpha value is -3.15. The standard InChI is InChI=1S/C19H19N3O3/c23-18(9-8-15-5-2-1-3-6-15)21-11-12-22(19(24)25)17(14-21)16-7-4-10-20-13-16/h1-10,13,17H,11-12,14H2,(H,24,25)/b9-8+. The van der Waals surface area contributed by atoms with E-state index in [0.717, 1.165) is 11.1 Å². The topological polar surface area (TPSA) is 73.7 Å². The van der Waals surface area contributed by atoms with Crippen molar-refractivity contribution in [2.45, 2.75) is 6.04 Å². The summed E-state index contributed by atoms with van der Waals surface area (Å²) in [6.07, 6.45) is 5.61. The van der Waals surface area contributed by atoms with Crippen LogP contribution in [0.5, 0.6) is 0 Å². The molecular formula is C19H19N3O3. The first kappa shape index (κ1) is 16.7. The summed E-state index contributed by atoms with van der Waals surface area (Å²) in [5.74, 6) is -0.122. The van der Waals surface area contributed by atoms with Crippen molar-refractivity contribution >= 4 is 18.1 Å². The van der Waals surface area contributed by atoms with Crippen molar-refractivity contribution in [2.75, 3.05) is 19.6 Å². The highest BCUT2D eigenvalue weighted by Crippen LogP contribution is 2.25. The third kappa shape index (κ3) is 4.03. The van der Waals surface area contributed by atoms with Crippen LogP contribution in [0.4, 0.5) is 4.79 Å². The zero-order valence-corrected chi connectivity index (χ0v) is 13.7. The van der Waals surface area contributed by atoms with Crippen LogP contribution in [0.25, 0.3) is 6.08 Å². The summed E-state index contributed by atoms with van der Waals surface area (Å²) in [5.41, 5.74) is 1.73. The Morgan fingerprint density at radius 3 is 2.60 bits per heavy atom. The molecule has 1 unspecified atom stereocenters. The molecule has 0 aliphatic carbocycles. The second kappa shape index (κ2) is 7.61. The summed E-state index contributed by atoms with van der Waals surface area (Å²) < 4.78 is 0. The summed E-state index contributed by atoms with van der Waals surface area (Å²) in [6.45, 7) is 0.969. The summed E-state index contributed by atoms with van der Waals surface area (Å²) >= 11 is 0. The van der Waals surface area contributed by atoms with Crippen molar-refractivity contribution in [3.05, 3.63) is 72.1 Å². The lowest BCUT2D eigenvalue weighted by Crippen LogP contribution is -2.51. The van der Waals surface area contributed by atoms with Crippen LogP contribution in [-0.2, 0) is 4.79 Å². The molecule has 1 N–H and O–H groups in total. The van der Waals surface area contributed by atoms with Gasteiger partial charge in [-0.2, -0.15) is 0 Å². The Balaban J connectivity index is 1.74. The highest BCUT2D eigenvalue weighted by molar-refractivity contribution is 5.92. The molecule has 2 amide bonds. The smallest absolute Gasteiger partial charge is 0.407 e. The predicted octanol–water partition coefficient (Wildman–Crippen LogP) is 2.66. The molecule has 2 aromatic rings. The summed E-state index contributed by atoms with van der Waals surface area (Å²) in [4.78, 5) is 31.1. The van der Waals surface area contributed by atoms with Crippen LogP contribution < -0.4 is 0 Å². The molecule has 6 heteroatoms. The molecule has 1 saturated heterocycles. The summed E-state index contributed by atoms with van der Waals surface area (Å²) in [6, 6.07) is 12.8. The molecule has 3 rings (SSSR count). The van der Waals surface area contributed by atoms with Crippen molar-refractivity contribution < 1.29 is 14.7 Å². The third-order valence-electron chi connectivity index (χ3n) is 4.22. The average molecular weight is 337 g/mol. The van der Waals surface area contributed by atoms with Gasteiger partial charge in [0, 0.05) is 38.1 Å². The second-order valence-electron chi connectivity index (χ2n) is 5.81. The van der Waals surface area contributed by atoms with Crippen LogP contribution in [0.3, 0.4) is 0 Å². The van der Waals surface area contributed by atoms with Crippen LogP contribution in [0.1, 0.15) is 17.2 Å². The molecule has 1 aliphatic rings. The van der Waals surface area contributed by atoms with Gasteiger partial charge in [-0.1, -0.05) is 36.4 Å².